The van der Waals surface area contributed by atoms with Gasteiger partial charge in [-0.3, -0.25) is 14.5 Å². The number of amides is 2. The van der Waals surface area contributed by atoms with Crippen LogP contribution in [0.5, 0.6) is 0 Å². The Hall–Kier alpha value is -1.95. The van der Waals surface area contributed by atoms with Crippen LogP contribution >= 0.6 is 0 Å². The van der Waals surface area contributed by atoms with E-state index in [-0.39, 0.29) is 24.4 Å². The first-order valence-corrected chi connectivity index (χ1v) is 6.80. The predicted octanol–water partition coefficient (Wildman–Crippen LogP) is 1.07. The second-order valence-corrected chi connectivity index (χ2v) is 5.36. The number of rotatable bonds is 6. The molecular formula is C15H22FN3O2. The molecule has 0 aliphatic rings. The molecular weight excluding hydrogens is 273 g/mol. The molecule has 21 heavy (non-hydrogen) atoms. The summed E-state index contributed by atoms with van der Waals surface area (Å²) < 4.78 is 13.3. The van der Waals surface area contributed by atoms with Gasteiger partial charge in [-0.1, -0.05) is 12.1 Å². The third-order valence-electron chi connectivity index (χ3n) is 2.80. The van der Waals surface area contributed by atoms with E-state index in [0.717, 1.165) is 0 Å². The lowest BCUT2D eigenvalue weighted by Crippen LogP contribution is -2.43. The van der Waals surface area contributed by atoms with Gasteiger partial charge in [-0.15, -0.1) is 0 Å². The fraction of sp³-hybridized carbons (Fsp3) is 0.467. The quantitative estimate of drug-likeness (QED) is 0.825. The lowest BCUT2D eigenvalue weighted by atomic mass is 10.1. The molecule has 1 unspecified atom stereocenters. The second kappa shape index (κ2) is 7.73. The van der Waals surface area contributed by atoms with E-state index in [1.165, 1.54) is 12.1 Å². The van der Waals surface area contributed by atoms with Gasteiger partial charge in [0.15, 0.2) is 0 Å². The van der Waals surface area contributed by atoms with E-state index in [1.807, 2.05) is 13.8 Å². The smallest absolute Gasteiger partial charge is 0.242 e. The van der Waals surface area contributed by atoms with Crippen LogP contribution in [0.3, 0.4) is 0 Å². The Kier molecular flexibility index (Phi) is 6.30. The van der Waals surface area contributed by atoms with Crippen LogP contribution in [-0.4, -0.2) is 43.4 Å². The van der Waals surface area contributed by atoms with Crippen molar-refractivity contribution in [3.8, 4) is 0 Å². The topological polar surface area (TPSA) is 61.4 Å². The summed E-state index contributed by atoms with van der Waals surface area (Å²) in [6.07, 6.45) is 0. The summed E-state index contributed by atoms with van der Waals surface area (Å²) in [5.41, 5.74) is 0.543. The van der Waals surface area contributed by atoms with Crippen LogP contribution in [0.25, 0.3) is 0 Å². The van der Waals surface area contributed by atoms with E-state index in [4.69, 9.17) is 0 Å². The van der Waals surface area contributed by atoms with Gasteiger partial charge in [-0.25, -0.2) is 4.39 Å². The number of halogens is 1. The highest BCUT2D eigenvalue weighted by atomic mass is 19.1. The molecule has 2 amide bonds. The molecule has 0 aliphatic heterocycles. The summed E-state index contributed by atoms with van der Waals surface area (Å²) in [7, 11) is 3.45. The molecule has 1 aromatic carbocycles. The fourth-order valence-electron chi connectivity index (χ4n) is 2.00. The summed E-state index contributed by atoms with van der Waals surface area (Å²) in [6.45, 7) is 3.58. The van der Waals surface area contributed by atoms with Crippen LogP contribution < -0.4 is 10.6 Å². The van der Waals surface area contributed by atoms with Gasteiger partial charge in [-0.05, 0) is 45.6 Å². The normalized spacial score (nSPS) is 12.3. The molecule has 0 saturated heterocycles. The van der Waals surface area contributed by atoms with E-state index < -0.39 is 11.9 Å². The number of hydrogen-bond acceptors (Lipinski definition) is 3. The zero-order valence-corrected chi connectivity index (χ0v) is 12.8. The largest absolute Gasteiger partial charge is 0.352 e. The van der Waals surface area contributed by atoms with Crippen LogP contribution in [0.1, 0.15) is 25.5 Å². The van der Waals surface area contributed by atoms with Crippen molar-refractivity contribution in [2.24, 2.45) is 0 Å². The lowest BCUT2D eigenvalue weighted by Gasteiger charge is -2.23. The van der Waals surface area contributed by atoms with Crippen molar-refractivity contribution in [3.05, 3.63) is 35.6 Å². The average molecular weight is 295 g/mol. The number of carbonyl (C=O) groups is 2. The van der Waals surface area contributed by atoms with Gasteiger partial charge < -0.3 is 10.6 Å². The molecule has 2 N–H and O–H groups in total. The third-order valence-corrected chi connectivity index (χ3v) is 2.80. The monoisotopic (exact) mass is 295 g/mol. The highest BCUT2D eigenvalue weighted by Crippen LogP contribution is 2.19. The lowest BCUT2D eigenvalue weighted by molar-refractivity contribution is -0.129. The fourth-order valence-corrected chi connectivity index (χ4v) is 2.00. The number of hydrogen-bond donors (Lipinski definition) is 2. The van der Waals surface area contributed by atoms with Gasteiger partial charge in [0.25, 0.3) is 0 Å². The Bertz CT molecular complexity index is 503. The summed E-state index contributed by atoms with van der Waals surface area (Å²) >= 11 is 0. The highest BCUT2D eigenvalue weighted by molar-refractivity contribution is 5.88. The maximum atomic E-state index is 13.3. The Morgan fingerprint density at radius 2 is 1.95 bits per heavy atom. The number of likely N-dealkylation sites (N-methyl/N-ethyl adjacent to an activating group) is 1. The number of nitrogens with one attached hydrogen (secondary N) is 2. The molecule has 1 rings (SSSR count). The number of benzene rings is 1. The summed E-state index contributed by atoms with van der Waals surface area (Å²) in [5.74, 6) is -0.996. The number of nitrogens with zero attached hydrogens (tertiary/aromatic N) is 1. The third kappa shape index (κ3) is 5.51. The molecule has 0 saturated carbocycles. The standard InChI is InChI=1S/C15H22FN3O2/c1-10(2)18-13(20)9-17-15(21)14(19(3)4)11-6-5-7-12(16)8-11/h5-8,10,14H,9H2,1-4H3,(H,17,21)(H,18,20). The van der Waals surface area contributed by atoms with Crippen LogP contribution in [0, 0.1) is 5.82 Å². The summed E-state index contributed by atoms with van der Waals surface area (Å²) in [6, 6.07) is 5.25. The van der Waals surface area contributed by atoms with Gasteiger partial charge >= 0.3 is 0 Å². The molecule has 116 valence electrons. The van der Waals surface area contributed by atoms with Crippen LogP contribution in [-0.2, 0) is 9.59 Å². The Morgan fingerprint density at radius 1 is 1.29 bits per heavy atom. The Labute approximate surface area is 124 Å². The van der Waals surface area contributed by atoms with Gasteiger partial charge in [0.2, 0.25) is 11.8 Å². The first-order valence-electron chi connectivity index (χ1n) is 6.80. The van der Waals surface area contributed by atoms with Gasteiger partial charge in [0.05, 0.1) is 6.54 Å². The van der Waals surface area contributed by atoms with Crippen LogP contribution in [0.4, 0.5) is 4.39 Å². The van der Waals surface area contributed by atoms with Crippen LogP contribution in [0.2, 0.25) is 0 Å². The molecule has 6 heteroatoms. The molecule has 0 bridgehead atoms. The number of carbonyl (C=O) groups excluding carboxylic acids is 2. The minimum atomic E-state index is -0.646. The van der Waals surface area contributed by atoms with Crippen molar-refractivity contribution in [2.75, 3.05) is 20.6 Å². The molecule has 0 aromatic heterocycles. The first-order chi connectivity index (χ1) is 9.81. The predicted molar refractivity (Wildman–Crippen MR) is 79.1 cm³/mol. The molecule has 0 fully saturated rings. The molecule has 0 heterocycles. The van der Waals surface area contributed by atoms with Crippen LogP contribution in [0.15, 0.2) is 24.3 Å². The Morgan fingerprint density at radius 3 is 2.48 bits per heavy atom. The molecule has 1 aromatic rings. The van der Waals surface area contributed by atoms with E-state index in [9.17, 15) is 14.0 Å². The highest BCUT2D eigenvalue weighted by Gasteiger charge is 2.23. The van der Waals surface area contributed by atoms with E-state index in [0.29, 0.717) is 5.56 Å². The van der Waals surface area contributed by atoms with Gasteiger partial charge in [-0.2, -0.15) is 0 Å². The zero-order valence-electron chi connectivity index (χ0n) is 12.8. The maximum Gasteiger partial charge on any atom is 0.242 e. The van der Waals surface area contributed by atoms with Crippen molar-refractivity contribution < 1.29 is 14.0 Å². The SMILES string of the molecule is CC(C)NC(=O)CNC(=O)C(c1cccc(F)c1)N(C)C. The average Bonchev–Trinajstić information content (AvgIpc) is 2.35. The molecule has 1 atom stereocenters. The van der Waals surface area contributed by atoms with Gasteiger partial charge in [0, 0.05) is 6.04 Å². The molecule has 0 aliphatic carbocycles. The van der Waals surface area contributed by atoms with E-state index in [1.54, 1.807) is 31.1 Å². The zero-order chi connectivity index (χ0) is 16.0. The van der Waals surface area contributed by atoms with Crippen molar-refractivity contribution in [1.29, 1.82) is 0 Å². The minimum Gasteiger partial charge on any atom is -0.352 e. The summed E-state index contributed by atoms with van der Waals surface area (Å²) in [4.78, 5) is 25.4. The van der Waals surface area contributed by atoms with Gasteiger partial charge in [0.1, 0.15) is 11.9 Å². The molecule has 5 nitrogen and oxygen atoms in total. The second-order valence-electron chi connectivity index (χ2n) is 5.36. The van der Waals surface area contributed by atoms with Crippen molar-refractivity contribution in [2.45, 2.75) is 25.9 Å². The van der Waals surface area contributed by atoms with Crippen molar-refractivity contribution >= 4 is 11.8 Å². The molecule has 0 radical (unpaired) electrons. The van der Waals surface area contributed by atoms with E-state index in [2.05, 4.69) is 10.6 Å². The van der Waals surface area contributed by atoms with Crippen molar-refractivity contribution in [3.63, 3.8) is 0 Å². The van der Waals surface area contributed by atoms with E-state index >= 15 is 0 Å². The molecule has 0 spiro atoms. The summed E-state index contributed by atoms with van der Waals surface area (Å²) in [5, 5.41) is 5.26. The minimum absolute atomic E-state index is 0.0160. The first kappa shape index (κ1) is 17.1. The maximum absolute atomic E-state index is 13.3. The Balaban J connectivity index is 2.73. The van der Waals surface area contributed by atoms with Crippen molar-refractivity contribution in [1.82, 2.24) is 15.5 Å².